The van der Waals surface area contributed by atoms with E-state index < -0.39 is 5.41 Å². The first kappa shape index (κ1) is 41.6. The van der Waals surface area contributed by atoms with Crippen molar-refractivity contribution in [1.82, 2.24) is 4.57 Å². The van der Waals surface area contributed by atoms with Crippen LogP contribution in [0.5, 0.6) is 0 Å². The van der Waals surface area contributed by atoms with Gasteiger partial charge in [0.1, 0.15) is 0 Å². The highest BCUT2D eigenvalue weighted by Gasteiger charge is 2.52. The van der Waals surface area contributed by atoms with Crippen LogP contribution in [0.4, 0.5) is 34.1 Å². The minimum Gasteiger partial charge on any atom is -0.310 e. The molecule has 3 nitrogen and oxygen atoms in total. The van der Waals surface area contributed by atoms with E-state index in [2.05, 4.69) is 289 Å². The number of hydrogen-bond acceptors (Lipinski definition) is 2. The molecule has 15 rings (SSSR count). The maximum atomic E-state index is 2.49. The first-order valence-corrected chi connectivity index (χ1v) is 25.5. The van der Waals surface area contributed by atoms with Crippen molar-refractivity contribution in [2.45, 2.75) is 24.7 Å². The smallest absolute Gasteiger partial charge is 0.0754 e. The number of hydrogen-bond donors (Lipinski definition) is 0. The van der Waals surface area contributed by atoms with Gasteiger partial charge in [-0.05, 0) is 146 Å². The Morgan fingerprint density at radius 1 is 0.342 bits per heavy atom. The molecule has 0 fully saturated rings. The van der Waals surface area contributed by atoms with Crippen LogP contribution in [0.15, 0.2) is 261 Å². The van der Waals surface area contributed by atoms with Gasteiger partial charge in [-0.3, -0.25) is 0 Å². The molecule has 3 aliphatic rings. The van der Waals surface area contributed by atoms with Crippen LogP contribution in [0.1, 0.15) is 47.2 Å². The molecule has 73 heavy (non-hydrogen) atoms. The zero-order chi connectivity index (χ0) is 48.4. The average Bonchev–Trinajstić information content (AvgIpc) is 4.03. The normalized spacial score (nSPS) is 15.4. The zero-order valence-corrected chi connectivity index (χ0v) is 40.7. The third kappa shape index (κ3) is 5.88. The van der Waals surface area contributed by atoms with Gasteiger partial charge in [-0.2, -0.15) is 0 Å². The maximum Gasteiger partial charge on any atom is 0.0754 e. The molecule has 0 amide bonds. The van der Waals surface area contributed by atoms with Crippen LogP contribution in [-0.2, 0) is 10.8 Å². The lowest BCUT2D eigenvalue weighted by Crippen LogP contribution is -2.35. The van der Waals surface area contributed by atoms with Crippen LogP contribution in [-0.4, -0.2) is 4.57 Å². The van der Waals surface area contributed by atoms with Crippen LogP contribution in [0, 0.1) is 0 Å². The monoisotopic (exact) mass is 931 g/mol. The van der Waals surface area contributed by atoms with Gasteiger partial charge in [0.25, 0.3) is 0 Å². The van der Waals surface area contributed by atoms with Crippen molar-refractivity contribution in [2.75, 3.05) is 9.80 Å². The van der Waals surface area contributed by atoms with Crippen molar-refractivity contribution >= 4 is 55.9 Å². The van der Waals surface area contributed by atoms with Crippen LogP contribution in [0.2, 0.25) is 0 Å². The van der Waals surface area contributed by atoms with Crippen LogP contribution < -0.4 is 9.80 Å². The molecule has 0 saturated heterocycles. The van der Waals surface area contributed by atoms with E-state index in [1.54, 1.807) is 0 Å². The molecule has 0 spiro atoms. The first-order valence-electron chi connectivity index (χ1n) is 25.5. The number of rotatable bonds is 7. The van der Waals surface area contributed by atoms with Crippen molar-refractivity contribution in [1.29, 1.82) is 0 Å². The van der Waals surface area contributed by atoms with Crippen molar-refractivity contribution in [3.05, 3.63) is 294 Å². The molecule has 11 aromatic carbocycles. The first-order chi connectivity index (χ1) is 36.0. The standard InChI is InChI=1S/C70H49N3/c1-69(2)60-28-14-12-25-54(60)55-41-38-52(44-62(55)69)71(53-39-42-58-57-26-13-16-30-64(57)72(67(58)45-53)49-21-8-4-9-22-49)51-36-33-46(34-37-51)47-35-40-56-59-27-18-32-66-68(59)70(63(56)43-47,48-19-6-3-7-20-48)61-29-15-17-31-65(61)73(66)50-23-10-5-11-24-50/h3-45H,1-2H3. The summed E-state index contributed by atoms with van der Waals surface area (Å²) in [7, 11) is 0. The van der Waals surface area contributed by atoms with E-state index in [-0.39, 0.29) is 5.41 Å². The Morgan fingerprint density at radius 3 is 1.71 bits per heavy atom. The summed E-state index contributed by atoms with van der Waals surface area (Å²) in [5, 5.41) is 2.48. The quantitative estimate of drug-likeness (QED) is 0.158. The number of para-hydroxylation sites is 4. The highest BCUT2D eigenvalue weighted by atomic mass is 15.2. The molecule has 2 heterocycles. The van der Waals surface area contributed by atoms with Crippen molar-refractivity contribution in [3.63, 3.8) is 0 Å². The Labute approximate surface area is 426 Å². The van der Waals surface area contributed by atoms with Gasteiger partial charge in [-0.1, -0.05) is 190 Å². The van der Waals surface area contributed by atoms with Crippen molar-refractivity contribution in [2.24, 2.45) is 0 Å². The lowest BCUT2D eigenvalue weighted by molar-refractivity contribution is 0.660. The fourth-order valence-electron chi connectivity index (χ4n) is 13.2. The number of nitrogens with zero attached hydrogens (tertiary/aromatic N) is 3. The summed E-state index contributed by atoms with van der Waals surface area (Å²) in [4.78, 5) is 4.92. The molecule has 1 unspecified atom stereocenters. The number of benzene rings is 11. The molecule has 344 valence electrons. The third-order valence-electron chi connectivity index (χ3n) is 16.4. The number of aromatic nitrogens is 1. The minimum absolute atomic E-state index is 0.148. The van der Waals surface area contributed by atoms with Crippen LogP contribution >= 0.6 is 0 Å². The lowest BCUT2D eigenvalue weighted by Gasteiger charge is -2.44. The molecule has 0 bridgehead atoms. The summed E-state index contributed by atoms with van der Waals surface area (Å²) in [6, 6.07) is 97.0. The second kappa shape index (κ2) is 15.7. The molecule has 0 saturated carbocycles. The van der Waals surface area contributed by atoms with Gasteiger partial charge in [0.05, 0.1) is 27.8 Å². The van der Waals surface area contributed by atoms with E-state index in [0.29, 0.717) is 0 Å². The Kier molecular flexibility index (Phi) is 8.92. The molecule has 0 N–H and O–H groups in total. The molecule has 1 atom stereocenters. The van der Waals surface area contributed by atoms with E-state index in [4.69, 9.17) is 0 Å². The summed E-state index contributed by atoms with van der Waals surface area (Å²) in [5.74, 6) is 0. The summed E-state index contributed by atoms with van der Waals surface area (Å²) in [6.45, 7) is 4.74. The van der Waals surface area contributed by atoms with E-state index in [1.165, 1.54) is 99.9 Å². The fraction of sp³-hybridized carbons (Fsp3) is 0.0571. The number of anilines is 6. The Morgan fingerprint density at radius 2 is 0.904 bits per heavy atom. The largest absolute Gasteiger partial charge is 0.310 e. The fourth-order valence-corrected chi connectivity index (χ4v) is 13.2. The summed E-state index contributed by atoms with van der Waals surface area (Å²) < 4.78 is 2.42. The molecule has 12 aromatic rings. The second-order valence-electron chi connectivity index (χ2n) is 20.4. The topological polar surface area (TPSA) is 11.4 Å². The summed E-state index contributed by atoms with van der Waals surface area (Å²) in [5.41, 5.74) is 25.2. The van der Waals surface area contributed by atoms with Gasteiger partial charge in [0.2, 0.25) is 0 Å². The molecule has 1 aromatic heterocycles. The molecular weight excluding hydrogens is 883 g/mol. The van der Waals surface area contributed by atoms with E-state index >= 15 is 0 Å². The highest BCUT2D eigenvalue weighted by Crippen LogP contribution is 2.65. The molecular formula is C70H49N3. The van der Waals surface area contributed by atoms with Gasteiger partial charge in [0.15, 0.2) is 0 Å². The predicted octanol–water partition coefficient (Wildman–Crippen LogP) is 18.4. The Bertz CT molecular complexity index is 4170. The summed E-state index contributed by atoms with van der Waals surface area (Å²) >= 11 is 0. The molecule has 3 heteroatoms. The average molecular weight is 932 g/mol. The van der Waals surface area contributed by atoms with E-state index in [0.717, 1.165) is 28.4 Å². The SMILES string of the molecule is CC1(C)c2ccccc2-c2ccc(N(c3ccc(-c4ccc5c(c4)C4(c6ccccc6)c6ccccc6N(c6ccccc6)c6cccc-5c64)cc3)c3ccc4c5ccccc5n(-c5ccccc5)c4c3)cc21. The predicted molar refractivity (Wildman–Crippen MR) is 304 cm³/mol. The van der Waals surface area contributed by atoms with Crippen LogP contribution in [0.3, 0.4) is 0 Å². The zero-order valence-electron chi connectivity index (χ0n) is 40.7. The third-order valence-corrected chi connectivity index (χ3v) is 16.4. The molecule has 0 radical (unpaired) electrons. The van der Waals surface area contributed by atoms with Gasteiger partial charge >= 0.3 is 0 Å². The Hall–Kier alpha value is -9.18. The van der Waals surface area contributed by atoms with E-state index in [9.17, 15) is 0 Å². The lowest BCUT2D eigenvalue weighted by atomic mass is 9.64. The highest BCUT2D eigenvalue weighted by molar-refractivity contribution is 6.10. The molecule has 1 aliphatic heterocycles. The maximum absolute atomic E-state index is 2.49. The van der Waals surface area contributed by atoms with Gasteiger partial charge < -0.3 is 14.4 Å². The van der Waals surface area contributed by atoms with E-state index in [1.807, 2.05) is 0 Å². The Balaban J connectivity index is 0.902. The minimum atomic E-state index is -0.529. The van der Waals surface area contributed by atoms with Gasteiger partial charge in [-0.25, -0.2) is 0 Å². The van der Waals surface area contributed by atoms with Gasteiger partial charge in [-0.15, -0.1) is 0 Å². The number of fused-ring (bicyclic) bond motifs is 11. The summed E-state index contributed by atoms with van der Waals surface area (Å²) in [6.07, 6.45) is 0. The van der Waals surface area contributed by atoms with Crippen LogP contribution in [0.25, 0.3) is 60.9 Å². The molecule has 2 aliphatic carbocycles. The van der Waals surface area contributed by atoms with Crippen molar-refractivity contribution in [3.8, 4) is 39.1 Å². The van der Waals surface area contributed by atoms with Gasteiger partial charge in [0, 0.05) is 50.2 Å². The second-order valence-corrected chi connectivity index (χ2v) is 20.4. The van der Waals surface area contributed by atoms with Crippen molar-refractivity contribution < 1.29 is 0 Å².